The quantitative estimate of drug-likeness (QED) is 0.770. The van der Waals surface area contributed by atoms with Gasteiger partial charge in [-0.3, -0.25) is 0 Å². The average Bonchev–Trinajstić information content (AvgIpc) is 2.60. The first kappa shape index (κ1) is 19.2. The highest BCUT2D eigenvalue weighted by Crippen LogP contribution is 2.16. The van der Waals surface area contributed by atoms with Crippen molar-refractivity contribution >= 4 is 16.0 Å². The Hall–Kier alpha value is -2.16. The van der Waals surface area contributed by atoms with Crippen LogP contribution in [0.15, 0.2) is 42.6 Å². The van der Waals surface area contributed by atoms with Gasteiger partial charge in [-0.15, -0.1) is 0 Å². The molecule has 0 amide bonds. The summed E-state index contributed by atoms with van der Waals surface area (Å²) in [6, 6.07) is 11.0. The van der Waals surface area contributed by atoms with Gasteiger partial charge in [-0.1, -0.05) is 18.2 Å². The summed E-state index contributed by atoms with van der Waals surface area (Å²) >= 11 is 0. The molecular formula is C17H24N4O3S. The van der Waals surface area contributed by atoms with Crippen molar-refractivity contribution in [3.8, 4) is 5.75 Å². The van der Waals surface area contributed by atoms with Crippen LogP contribution >= 0.6 is 0 Å². The number of rotatable bonds is 8. The number of nitrogens with one attached hydrogen (secondary N) is 1. The number of methoxy groups -OCH3 is 1. The van der Waals surface area contributed by atoms with E-state index in [2.05, 4.69) is 9.71 Å². The molecule has 1 aromatic heterocycles. The second-order valence-electron chi connectivity index (χ2n) is 5.81. The van der Waals surface area contributed by atoms with E-state index in [9.17, 15) is 8.42 Å². The van der Waals surface area contributed by atoms with Crippen LogP contribution in [0.25, 0.3) is 0 Å². The zero-order chi connectivity index (χ0) is 18.4. The molecule has 1 heterocycles. The van der Waals surface area contributed by atoms with Crippen LogP contribution < -0.4 is 14.4 Å². The van der Waals surface area contributed by atoms with E-state index in [1.54, 1.807) is 19.4 Å². The lowest BCUT2D eigenvalue weighted by Crippen LogP contribution is -2.37. The fourth-order valence-corrected chi connectivity index (χ4v) is 3.24. The van der Waals surface area contributed by atoms with Crippen molar-refractivity contribution in [2.24, 2.45) is 0 Å². The van der Waals surface area contributed by atoms with Crippen molar-refractivity contribution < 1.29 is 13.2 Å². The number of ether oxygens (including phenoxy) is 1. The third-order valence-electron chi connectivity index (χ3n) is 3.69. The van der Waals surface area contributed by atoms with Crippen molar-refractivity contribution in [3.63, 3.8) is 0 Å². The van der Waals surface area contributed by atoms with Gasteiger partial charge in [-0.2, -0.15) is 17.4 Å². The van der Waals surface area contributed by atoms with Crippen molar-refractivity contribution in [2.45, 2.75) is 13.1 Å². The monoisotopic (exact) mass is 364 g/mol. The molecule has 2 rings (SSSR count). The number of anilines is 1. The van der Waals surface area contributed by atoms with Gasteiger partial charge < -0.3 is 9.64 Å². The van der Waals surface area contributed by atoms with Gasteiger partial charge in [0.15, 0.2) is 0 Å². The van der Waals surface area contributed by atoms with E-state index in [1.165, 1.54) is 11.4 Å². The second-order valence-corrected chi connectivity index (χ2v) is 7.68. The summed E-state index contributed by atoms with van der Waals surface area (Å²) in [5, 5.41) is 0. The molecule has 7 nitrogen and oxygen atoms in total. The molecule has 136 valence electrons. The summed E-state index contributed by atoms with van der Waals surface area (Å²) < 4.78 is 34.0. The van der Waals surface area contributed by atoms with Crippen molar-refractivity contribution in [1.29, 1.82) is 0 Å². The Labute approximate surface area is 149 Å². The molecule has 0 bridgehead atoms. The summed E-state index contributed by atoms with van der Waals surface area (Å²) in [7, 11) is 3.24. The number of nitrogens with zero attached hydrogens (tertiary/aromatic N) is 3. The Morgan fingerprint density at radius 3 is 2.60 bits per heavy atom. The lowest BCUT2D eigenvalue weighted by molar-refractivity contribution is 0.412. The maximum atomic E-state index is 12.5. The molecule has 0 saturated carbocycles. The second kappa shape index (κ2) is 8.28. The molecule has 0 radical (unpaired) electrons. The standard InChI is InChI=1S/C17H24N4O3S/c1-20(2)17-15(8-6-10-18-17)12-19-25(22,23)21(3)13-14-7-5-9-16(11-14)24-4/h5-11,19H,12-13H2,1-4H3. The first-order valence-electron chi connectivity index (χ1n) is 7.78. The lowest BCUT2D eigenvalue weighted by Gasteiger charge is -2.20. The molecule has 0 aliphatic heterocycles. The predicted octanol–water partition coefficient (Wildman–Crippen LogP) is 1.62. The SMILES string of the molecule is COc1cccc(CN(C)S(=O)(=O)NCc2cccnc2N(C)C)c1. The van der Waals surface area contributed by atoms with Gasteiger partial charge in [0.1, 0.15) is 11.6 Å². The van der Waals surface area contributed by atoms with Gasteiger partial charge in [-0.05, 0) is 23.8 Å². The minimum absolute atomic E-state index is 0.173. The van der Waals surface area contributed by atoms with E-state index in [-0.39, 0.29) is 13.1 Å². The number of pyridine rings is 1. The highest BCUT2D eigenvalue weighted by Gasteiger charge is 2.18. The van der Waals surface area contributed by atoms with Gasteiger partial charge in [-0.25, -0.2) is 4.98 Å². The van der Waals surface area contributed by atoms with Crippen LogP contribution in [0.4, 0.5) is 5.82 Å². The Morgan fingerprint density at radius 1 is 1.16 bits per heavy atom. The minimum atomic E-state index is -3.62. The molecule has 0 unspecified atom stereocenters. The smallest absolute Gasteiger partial charge is 0.279 e. The maximum Gasteiger partial charge on any atom is 0.279 e. The maximum absolute atomic E-state index is 12.5. The summed E-state index contributed by atoms with van der Waals surface area (Å²) in [5.74, 6) is 1.43. The average molecular weight is 364 g/mol. The molecule has 0 saturated heterocycles. The Kier molecular flexibility index (Phi) is 6.35. The van der Waals surface area contributed by atoms with Crippen molar-refractivity contribution in [3.05, 3.63) is 53.7 Å². The molecule has 0 aliphatic rings. The van der Waals surface area contributed by atoms with Crippen molar-refractivity contribution in [2.75, 3.05) is 33.2 Å². The summed E-state index contributed by atoms with van der Waals surface area (Å²) in [6.07, 6.45) is 1.68. The normalized spacial score (nSPS) is 11.6. The van der Waals surface area contributed by atoms with E-state index in [0.29, 0.717) is 5.75 Å². The molecule has 25 heavy (non-hydrogen) atoms. The molecule has 0 aliphatic carbocycles. The predicted molar refractivity (Wildman–Crippen MR) is 98.8 cm³/mol. The number of benzene rings is 1. The molecule has 0 spiro atoms. The van der Waals surface area contributed by atoms with Crippen LogP contribution in [0, 0.1) is 0 Å². The van der Waals surface area contributed by atoms with Gasteiger partial charge in [0.05, 0.1) is 7.11 Å². The van der Waals surface area contributed by atoms with E-state index < -0.39 is 10.2 Å². The van der Waals surface area contributed by atoms with Crippen LogP contribution in [0.2, 0.25) is 0 Å². The van der Waals surface area contributed by atoms with Crippen LogP contribution in [0.1, 0.15) is 11.1 Å². The summed E-state index contributed by atoms with van der Waals surface area (Å²) in [5.41, 5.74) is 1.66. The third kappa shape index (κ3) is 5.15. The molecule has 2 aromatic rings. The molecule has 0 atom stereocenters. The summed E-state index contributed by atoms with van der Waals surface area (Å²) in [6.45, 7) is 0.423. The van der Waals surface area contributed by atoms with Crippen LogP contribution in [-0.4, -0.2) is 46.0 Å². The van der Waals surface area contributed by atoms with Gasteiger partial charge in [0, 0.05) is 46.0 Å². The largest absolute Gasteiger partial charge is 0.497 e. The first-order chi connectivity index (χ1) is 11.8. The Bertz CT molecular complexity index is 809. The zero-order valence-corrected chi connectivity index (χ0v) is 15.7. The van der Waals surface area contributed by atoms with Crippen molar-refractivity contribution in [1.82, 2.24) is 14.0 Å². The molecule has 1 N–H and O–H groups in total. The minimum Gasteiger partial charge on any atom is -0.497 e. The number of hydrogen-bond donors (Lipinski definition) is 1. The van der Waals surface area contributed by atoms with E-state index in [1.807, 2.05) is 49.3 Å². The summed E-state index contributed by atoms with van der Waals surface area (Å²) in [4.78, 5) is 6.12. The van der Waals surface area contributed by atoms with Crippen LogP contribution in [-0.2, 0) is 23.3 Å². The number of hydrogen-bond acceptors (Lipinski definition) is 5. The Balaban J connectivity index is 2.06. The molecule has 1 aromatic carbocycles. The number of aromatic nitrogens is 1. The topological polar surface area (TPSA) is 74.8 Å². The first-order valence-corrected chi connectivity index (χ1v) is 9.22. The van der Waals surface area contributed by atoms with Gasteiger partial charge in [0.25, 0.3) is 10.2 Å². The molecule has 8 heteroatoms. The van der Waals surface area contributed by atoms with Gasteiger partial charge >= 0.3 is 0 Å². The zero-order valence-electron chi connectivity index (χ0n) is 14.9. The van der Waals surface area contributed by atoms with Crippen LogP contribution in [0.5, 0.6) is 5.75 Å². The molecule has 0 fully saturated rings. The van der Waals surface area contributed by atoms with E-state index in [4.69, 9.17) is 4.74 Å². The Morgan fingerprint density at radius 2 is 1.92 bits per heavy atom. The van der Waals surface area contributed by atoms with E-state index >= 15 is 0 Å². The third-order valence-corrected chi connectivity index (χ3v) is 5.14. The van der Waals surface area contributed by atoms with Crippen LogP contribution in [0.3, 0.4) is 0 Å². The van der Waals surface area contributed by atoms with E-state index in [0.717, 1.165) is 16.9 Å². The molecular weight excluding hydrogens is 340 g/mol. The fraction of sp³-hybridized carbons (Fsp3) is 0.353. The highest BCUT2D eigenvalue weighted by molar-refractivity contribution is 7.87. The lowest BCUT2D eigenvalue weighted by atomic mass is 10.2. The highest BCUT2D eigenvalue weighted by atomic mass is 32.2. The van der Waals surface area contributed by atoms with Gasteiger partial charge in [0.2, 0.25) is 0 Å². The fourth-order valence-electron chi connectivity index (χ4n) is 2.36.